The molecule has 1 N–H and O–H groups in total. The number of carboxylic acids is 1. The Morgan fingerprint density at radius 1 is 1.35 bits per heavy atom. The lowest BCUT2D eigenvalue weighted by molar-refractivity contribution is -0.142. The number of benzene rings is 1. The van der Waals surface area contributed by atoms with Crippen LogP contribution in [0.25, 0.3) is 0 Å². The van der Waals surface area contributed by atoms with Crippen molar-refractivity contribution in [3.8, 4) is 0 Å². The molecule has 0 bridgehead atoms. The summed E-state index contributed by atoms with van der Waals surface area (Å²) >= 11 is 3.53. The van der Waals surface area contributed by atoms with Gasteiger partial charge in [-0.3, -0.25) is 9.69 Å². The van der Waals surface area contributed by atoms with Crippen LogP contribution in [0.5, 0.6) is 0 Å². The van der Waals surface area contributed by atoms with Crippen molar-refractivity contribution >= 4 is 21.9 Å². The maximum absolute atomic E-state index is 11.2. The smallest absolute Gasteiger partial charge is 0.308 e. The van der Waals surface area contributed by atoms with Crippen LogP contribution < -0.4 is 0 Å². The van der Waals surface area contributed by atoms with Gasteiger partial charge in [0, 0.05) is 23.6 Å². The number of hydrogen-bond acceptors (Lipinski definition) is 2. The quantitative estimate of drug-likeness (QED) is 0.901. The zero-order chi connectivity index (χ0) is 14.3. The van der Waals surface area contributed by atoms with Crippen LogP contribution in [-0.2, 0) is 17.6 Å². The molecule has 1 aromatic rings. The molecule has 20 heavy (non-hydrogen) atoms. The summed E-state index contributed by atoms with van der Waals surface area (Å²) in [5, 5.41) is 9.26. The number of aliphatic carboxylic acids is 1. The second kappa shape index (κ2) is 5.49. The summed E-state index contributed by atoms with van der Waals surface area (Å²) in [6, 6.07) is 7.04. The van der Waals surface area contributed by atoms with Crippen molar-refractivity contribution in [2.24, 2.45) is 11.8 Å². The van der Waals surface area contributed by atoms with E-state index < -0.39 is 5.97 Å². The summed E-state index contributed by atoms with van der Waals surface area (Å²) in [4.78, 5) is 13.6. The van der Waals surface area contributed by atoms with Crippen molar-refractivity contribution in [1.29, 1.82) is 0 Å². The van der Waals surface area contributed by atoms with E-state index in [2.05, 4.69) is 46.0 Å². The van der Waals surface area contributed by atoms with Gasteiger partial charge in [-0.15, -0.1) is 0 Å². The van der Waals surface area contributed by atoms with Gasteiger partial charge in [0.05, 0.1) is 5.92 Å². The molecule has 1 unspecified atom stereocenters. The number of carbonyl (C=O) groups is 1. The second-order valence-corrected chi connectivity index (χ2v) is 7.10. The Balaban J connectivity index is 1.72. The van der Waals surface area contributed by atoms with Gasteiger partial charge in [-0.05, 0) is 48.4 Å². The molecule has 108 valence electrons. The maximum Gasteiger partial charge on any atom is 0.308 e. The molecule has 0 radical (unpaired) electrons. The average Bonchev–Trinajstić information content (AvgIpc) is 2.80. The standard InChI is InChI=1S/C16H20BrNO2/c1-10-8-18(9-15(10)16(19)20)14-5-3-11-6-13(17)4-2-12(11)7-14/h2,4,6,10,14-15H,3,5,7-9H2,1H3,(H,19,20)/t10-,14?,15-/m1/s1. The number of fused-ring (bicyclic) bond motifs is 1. The normalized spacial score (nSPS) is 30.2. The fourth-order valence-electron chi connectivity index (χ4n) is 3.64. The summed E-state index contributed by atoms with van der Waals surface area (Å²) in [6.45, 7) is 3.70. The number of rotatable bonds is 2. The first kappa shape index (κ1) is 14.1. The van der Waals surface area contributed by atoms with E-state index >= 15 is 0 Å². The first-order chi connectivity index (χ1) is 9.54. The molecule has 1 aliphatic heterocycles. The third kappa shape index (κ3) is 2.63. The number of likely N-dealkylation sites (tertiary alicyclic amines) is 1. The Hall–Kier alpha value is -0.870. The lowest BCUT2D eigenvalue weighted by atomic mass is 9.87. The van der Waals surface area contributed by atoms with Crippen molar-refractivity contribution in [2.45, 2.75) is 32.2 Å². The zero-order valence-corrected chi connectivity index (χ0v) is 13.3. The van der Waals surface area contributed by atoms with Crippen LogP contribution in [0.4, 0.5) is 0 Å². The Labute approximate surface area is 128 Å². The van der Waals surface area contributed by atoms with Gasteiger partial charge in [-0.1, -0.05) is 28.9 Å². The first-order valence-electron chi connectivity index (χ1n) is 7.28. The number of nitrogens with zero attached hydrogens (tertiary/aromatic N) is 1. The Kier molecular flexibility index (Phi) is 3.87. The highest BCUT2D eigenvalue weighted by atomic mass is 79.9. The molecule has 1 aromatic carbocycles. The minimum Gasteiger partial charge on any atom is -0.481 e. The predicted octanol–water partition coefficient (Wildman–Crippen LogP) is 2.96. The summed E-state index contributed by atoms with van der Waals surface area (Å²) in [6.07, 6.45) is 3.30. The molecule has 1 heterocycles. The van der Waals surface area contributed by atoms with Crippen LogP contribution >= 0.6 is 15.9 Å². The predicted molar refractivity (Wildman–Crippen MR) is 81.8 cm³/mol. The van der Waals surface area contributed by atoms with Crippen LogP contribution in [0.3, 0.4) is 0 Å². The highest BCUT2D eigenvalue weighted by molar-refractivity contribution is 9.10. The van der Waals surface area contributed by atoms with Crippen LogP contribution in [0.15, 0.2) is 22.7 Å². The lowest BCUT2D eigenvalue weighted by Crippen LogP contribution is -2.38. The molecule has 1 saturated heterocycles. The summed E-state index contributed by atoms with van der Waals surface area (Å²) in [5.41, 5.74) is 2.87. The van der Waals surface area contributed by atoms with E-state index in [1.165, 1.54) is 11.1 Å². The molecule has 0 saturated carbocycles. The number of carboxylic acid groups (broad SMARTS) is 1. The minimum atomic E-state index is -0.639. The van der Waals surface area contributed by atoms with E-state index in [1.807, 2.05) is 0 Å². The maximum atomic E-state index is 11.2. The van der Waals surface area contributed by atoms with E-state index in [-0.39, 0.29) is 11.8 Å². The minimum absolute atomic E-state index is 0.193. The first-order valence-corrected chi connectivity index (χ1v) is 8.08. The van der Waals surface area contributed by atoms with Crippen LogP contribution in [0.2, 0.25) is 0 Å². The van der Waals surface area contributed by atoms with Gasteiger partial charge in [0.2, 0.25) is 0 Å². The van der Waals surface area contributed by atoms with Crippen LogP contribution in [0, 0.1) is 11.8 Å². The van der Waals surface area contributed by atoms with E-state index in [1.54, 1.807) is 0 Å². The van der Waals surface area contributed by atoms with Crippen molar-refractivity contribution in [3.63, 3.8) is 0 Å². The monoisotopic (exact) mass is 337 g/mol. The highest BCUT2D eigenvalue weighted by Crippen LogP contribution is 2.32. The molecule has 3 atom stereocenters. The van der Waals surface area contributed by atoms with Crippen molar-refractivity contribution in [1.82, 2.24) is 4.90 Å². The van der Waals surface area contributed by atoms with Gasteiger partial charge < -0.3 is 5.11 Å². The largest absolute Gasteiger partial charge is 0.481 e. The van der Waals surface area contributed by atoms with Crippen molar-refractivity contribution in [3.05, 3.63) is 33.8 Å². The molecule has 3 nitrogen and oxygen atoms in total. The molecular weight excluding hydrogens is 318 g/mol. The van der Waals surface area contributed by atoms with Crippen molar-refractivity contribution in [2.75, 3.05) is 13.1 Å². The molecule has 1 fully saturated rings. The fraction of sp³-hybridized carbons (Fsp3) is 0.562. The second-order valence-electron chi connectivity index (χ2n) is 6.19. The van der Waals surface area contributed by atoms with Gasteiger partial charge in [-0.25, -0.2) is 0 Å². The van der Waals surface area contributed by atoms with E-state index in [0.29, 0.717) is 12.6 Å². The number of hydrogen-bond donors (Lipinski definition) is 1. The number of halogens is 1. The Morgan fingerprint density at radius 2 is 2.15 bits per heavy atom. The third-order valence-corrected chi connectivity index (χ3v) is 5.34. The Morgan fingerprint density at radius 3 is 2.85 bits per heavy atom. The van der Waals surface area contributed by atoms with Gasteiger partial charge >= 0.3 is 5.97 Å². The zero-order valence-electron chi connectivity index (χ0n) is 11.7. The SMILES string of the molecule is C[C@@H]1CN(C2CCc3cc(Br)ccc3C2)C[C@H]1C(=O)O. The topological polar surface area (TPSA) is 40.5 Å². The summed E-state index contributed by atoms with van der Waals surface area (Å²) in [5.74, 6) is -0.569. The number of aryl methyl sites for hydroxylation is 1. The van der Waals surface area contributed by atoms with Gasteiger partial charge in [0.25, 0.3) is 0 Å². The van der Waals surface area contributed by atoms with E-state index in [9.17, 15) is 9.90 Å². The van der Waals surface area contributed by atoms with E-state index in [0.717, 1.165) is 30.3 Å². The van der Waals surface area contributed by atoms with Crippen LogP contribution in [0.1, 0.15) is 24.5 Å². The molecule has 1 aliphatic carbocycles. The third-order valence-electron chi connectivity index (χ3n) is 4.84. The molecule has 3 rings (SSSR count). The van der Waals surface area contributed by atoms with E-state index in [4.69, 9.17) is 0 Å². The molecule has 0 amide bonds. The lowest BCUT2D eigenvalue weighted by Gasteiger charge is -2.32. The van der Waals surface area contributed by atoms with Gasteiger partial charge in [-0.2, -0.15) is 0 Å². The fourth-order valence-corrected chi connectivity index (χ4v) is 4.05. The average molecular weight is 338 g/mol. The van der Waals surface area contributed by atoms with Gasteiger partial charge in [0.15, 0.2) is 0 Å². The molecule has 0 aromatic heterocycles. The molecule has 2 aliphatic rings. The molecule has 4 heteroatoms. The molecule has 0 spiro atoms. The van der Waals surface area contributed by atoms with Crippen molar-refractivity contribution < 1.29 is 9.90 Å². The van der Waals surface area contributed by atoms with Crippen LogP contribution in [-0.4, -0.2) is 35.1 Å². The summed E-state index contributed by atoms with van der Waals surface area (Å²) in [7, 11) is 0. The molecular formula is C16H20BrNO2. The summed E-state index contributed by atoms with van der Waals surface area (Å²) < 4.78 is 1.15. The highest BCUT2D eigenvalue weighted by Gasteiger charge is 2.38. The van der Waals surface area contributed by atoms with Gasteiger partial charge in [0.1, 0.15) is 0 Å². The Bertz CT molecular complexity index is 531.